The molecule has 0 aliphatic rings. The molecule has 0 fully saturated rings. The van der Waals surface area contributed by atoms with E-state index < -0.39 is 86.9 Å². The maximum absolute atomic E-state index is 13.8. The fourth-order valence-electron chi connectivity index (χ4n) is 4.56. The number of sulfone groups is 1. The van der Waals surface area contributed by atoms with Crippen molar-refractivity contribution in [1.82, 2.24) is 41.9 Å². The van der Waals surface area contributed by atoms with Crippen molar-refractivity contribution < 1.29 is 42.2 Å². The van der Waals surface area contributed by atoms with Gasteiger partial charge in [0.05, 0.1) is 25.0 Å². The smallest absolute Gasteiger partial charge is 0.320 e. The molecule has 3 rings (SSSR count). The summed E-state index contributed by atoms with van der Waals surface area (Å²) in [6, 6.07) is 11.7. The SMILES string of the molecule is CC(C)[C@H](NC(=O)[C@@H](NC(=O)[C@H](CC(=O)O)NCC(=O)OCc1ccccc1)c1ccccc1)C(=O)N[C@H](/C=C(\Cl)S(C)(=O)=O)Cc1nn[nH]n1. The maximum atomic E-state index is 13.8. The van der Waals surface area contributed by atoms with Crippen LogP contribution in [0.25, 0.3) is 0 Å². The minimum Gasteiger partial charge on any atom is -0.481 e. The van der Waals surface area contributed by atoms with E-state index >= 15 is 0 Å². The van der Waals surface area contributed by atoms with Crippen molar-refractivity contribution in [2.75, 3.05) is 12.8 Å². The summed E-state index contributed by atoms with van der Waals surface area (Å²) < 4.78 is 28.6. The van der Waals surface area contributed by atoms with E-state index in [1.807, 2.05) is 0 Å². The molecule has 274 valence electrons. The quantitative estimate of drug-likeness (QED) is 0.0917. The van der Waals surface area contributed by atoms with Crippen molar-refractivity contribution in [3.63, 3.8) is 0 Å². The molecule has 1 aromatic heterocycles. The number of hydrogen-bond acceptors (Lipinski definition) is 12. The first-order valence-corrected chi connectivity index (χ1v) is 17.8. The molecule has 0 spiro atoms. The average Bonchev–Trinajstić information content (AvgIpc) is 3.59. The number of rotatable bonds is 19. The van der Waals surface area contributed by atoms with E-state index in [1.54, 1.807) is 74.5 Å². The summed E-state index contributed by atoms with van der Waals surface area (Å²) in [5.74, 6) is -4.93. The monoisotopic (exact) mass is 746 g/mol. The van der Waals surface area contributed by atoms with Crippen LogP contribution in [-0.4, -0.2) is 94.7 Å². The molecule has 0 unspecified atom stereocenters. The van der Waals surface area contributed by atoms with Crippen molar-refractivity contribution >= 4 is 51.1 Å². The Balaban J connectivity index is 1.78. The molecule has 4 atom stereocenters. The maximum Gasteiger partial charge on any atom is 0.320 e. The second-order valence-electron chi connectivity index (χ2n) is 11.7. The van der Waals surface area contributed by atoms with Gasteiger partial charge >= 0.3 is 11.9 Å². The molecule has 0 aliphatic carbocycles. The van der Waals surface area contributed by atoms with Crippen LogP contribution in [0.1, 0.15) is 43.3 Å². The number of carbonyl (C=O) groups is 5. The topological polar surface area (TPSA) is 252 Å². The second-order valence-corrected chi connectivity index (χ2v) is 14.3. The fraction of sp³-hybridized carbons (Fsp3) is 0.375. The van der Waals surface area contributed by atoms with Gasteiger partial charge in [-0.25, -0.2) is 8.42 Å². The Morgan fingerprint density at radius 3 is 2.16 bits per heavy atom. The zero-order valence-corrected chi connectivity index (χ0v) is 29.5. The first-order chi connectivity index (χ1) is 24.1. The summed E-state index contributed by atoms with van der Waals surface area (Å²) in [5, 5.41) is 33.2. The number of H-pyrrole nitrogens is 1. The Morgan fingerprint density at radius 2 is 1.59 bits per heavy atom. The number of tetrazole rings is 1. The van der Waals surface area contributed by atoms with E-state index in [9.17, 15) is 37.5 Å². The van der Waals surface area contributed by atoms with Crippen LogP contribution in [0.15, 0.2) is 71.1 Å². The van der Waals surface area contributed by atoms with Gasteiger partial charge in [-0.1, -0.05) is 91.3 Å². The number of aromatic amines is 1. The van der Waals surface area contributed by atoms with Crippen LogP contribution in [0, 0.1) is 5.92 Å². The van der Waals surface area contributed by atoms with E-state index in [4.69, 9.17) is 16.3 Å². The van der Waals surface area contributed by atoms with Crippen molar-refractivity contribution in [3.8, 4) is 0 Å². The number of hydrogen-bond donors (Lipinski definition) is 6. The molecule has 17 nitrogen and oxygen atoms in total. The van der Waals surface area contributed by atoms with E-state index in [1.165, 1.54) is 0 Å². The Hall–Kier alpha value is -5.20. The number of nitrogens with one attached hydrogen (secondary N) is 5. The van der Waals surface area contributed by atoms with Crippen molar-refractivity contribution in [1.29, 1.82) is 0 Å². The number of halogens is 1. The zero-order chi connectivity index (χ0) is 37.6. The number of ether oxygens (including phenoxy) is 1. The van der Waals surface area contributed by atoms with Gasteiger partial charge in [0.25, 0.3) is 0 Å². The number of carboxylic acids is 1. The van der Waals surface area contributed by atoms with Crippen molar-refractivity contribution in [3.05, 3.63) is 88.1 Å². The molecule has 0 radical (unpaired) electrons. The number of carboxylic acid groups (broad SMARTS) is 1. The molecule has 19 heteroatoms. The van der Waals surface area contributed by atoms with Gasteiger partial charge < -0.3 is 25.8 Å². The summed E-state index contributed by atoms with van der Waals surface area (Å²) in [6.45, 7) is 2.77. The molecular formula is C32H39ClN8O9S. The number of amides is 3. The van der Waals surface area contributed by atoms with Crippen LogP contribution in [0.4, 0.5) is 0 Å². The highest BCUT2D eigenvalue weighted by molar-refractivity contribution is 7.96. The van der Waals surface area contributed by atoms with E-state index in [2.05, 4.69) is 41.9 Å². The van der Waals surface area contributed by atoms with Gasteiger partial charge in [0.1, 0.15) is 23.1 Å². The highest BCUT2D eigenvalue weighted by Crippen LogP contribution is 2.17. The molecule has 1 heterocycles. The summed E-state index contributed by atoms with van der Waals surface area (Å²) in [5.41, 5.74) is 1.04. The van der Waals surface area contributed by atoms with Crippen LogP contribution >= 0.6 is 11.6 Å². The van der Waals surface area contributed by atoms with Crippen molar-refractivity contribution in [2.24, 2.45) is 5.92 Å². The Morgan fingerprint density at radius 1 is 0.941 bits per heavy atom. The van der Waals surface area contributed by atoms with Crippen LogP contribution in [0.3, 0.4) is 0 Å². The normalized spacial score (nSPS) is 14.1. The molecule has 2 aromatic carbocycles. The molecular weight excluding hydrogens is 708 g/mol. The number of carbonyl (C=O) groups excluding carboxylic acids is 4. The Bertz CT molecular complexity index is 1780. The van der Waals surface area contributed by atoms with Crippen molar-refractivity contribution in [2.45, 2.75) is 57.5 Å². The van der Waals surface area contributed by atoms with Gasteiger partial charge in [0.15, 0.2) is 15.7 Å². The third-order valence-electron chi connectivity index (χ3n) is 7.17. The van der Waals surface area contributed by atoms with E-state index in [-0.39, 0.29) is 18.9 Å². The minimum absolute atomic E-state index is 0.0309. The standard InChI is InChI=1S/C32H39ClN8O9S/c1-19(2)28(31(46)35-22(14-24(33)51(3,48)49)15-25-38-40-41-39-25)36-32(47)29(21-12-8-5-9-13-21)37-30(45)23(16-26(42)43)34-17-27(44)50-18-20-10-6-4-7-11-20/h4-14,19,22-23,28-29,34H,15-18H2,1-3H3,(H,35,46)(H,36,47)(H,37,45)(H,42,43)(H,38,39,40,41)/b24-14+/t22-,23+,28+,29+/m1/s1. The highest BCUT2D eigenvalue weighted by atomic mass is 35.5. The van der Waals surface area contributed by atoms with Gasteiger partial charge in [0, 0.05) is 12.7 Å². The first-order valence-electron chi connectivity index (χ1n) is 15.5. The summed E-state index contributed by atoms with van der Waals surface area (Å²) >= 11 is 5.98. The summed E-state index contributed by atoms with van der Waals surface area (Å²) in [6.07, 6.45) is 1.16. The Labute approximate surface area is 298 Å². The number of esters is 1. The lowest BCUT2D eigenvalue weighted by Gasteiger charge is -2.27. The van der Waals surface area contributed by atoms with E-state index in [0.29, 0.717) is 5.56 Å². The van der Waals surface area contributed by atoms with E-state index in [0.717, 1.165) is 17.9 Å². The molecule has 0 aliphatic heterocycles. The number of nitrogens with zero attached hydrogens (tertiary/aromatic N) is 3. The third-order valence-corrected chi connectivity index (χ3v) is 8.98. The first kappa shape index (κ1) is 40.2. The predicted molar refractivity (Wildman–Crippen MR) is 183 cm³/mol. The average molecular weight is 747 g/mol. The van der Waals surface area contributed by atoms with Gasteiger partial charge in [-0.15, -0.1) is 10.2 Å². The zero-order valence-electron chi connectivity index (χ0n) is 27.9. The lowest BCUT2D eigenvalue weighted by Crippen LogP contribution is -2.56. The van der Waals surface area contributed by atoms with Gasteiger partial charge in [-0.3, -0.25) is 29.3 Å². The molecule has 0 saturated heterocycles. The van der Waals surface area contributed by atoms with Crippen LogP contribution < -0.4 is 21.3 Å². The number of benzene rings is 2. The molecule has 0 bridgehead atoms. The minimum atomic E-state index is -3.83. The summed E-state index contributed by atoms with van der Waals surface area (Å²) in [7, 11) is -3.83. The van der Waals surface area contributed by atoms with Crippen LogP contribution in [-0.2, 0) is 51.6 Å². The fourth-order valence-corrected chi connectivity index (χ4v) is 5.12. The third kappa shape index (κ3) is 13.6. The predicted octanol–water partition coefficient (Wildman–Crippen LogP) is 0.526. The van der Waals surface area contributed by atoms with Crippen LogP contribution in [0.2, 0.25) is 0 Å². The molecule has 51 heavy (non-hydrogen) atoms. The Kier molecular flexibility index (Phi) is 15.2. The molecule has 6 N–H and O–H groups in total. The van der Waals surface area contributed by atoms with Gasteiger partial charge in [-0.2, -0.15) is 5.21 Å². The lowest BCUT2D eigenvalue weighted by molar-refractivity contribution is -0.145. The van der Waals surface area contributed by atoms with Crippen LogP contribution in [0.5, 0.6) is 0 Å². The summed E-state index contributed by atoms with van der Waals surface area (Å²) in [4.78, 5) is 64.9. The molecule has 0 saturated carbocycles. The molecule has 3 aromatic rings. The number of aliphatic carboxylic acids is 1. The molecule has 3 amide bonds. The number of aromatic nitrogens is 4. The van der Waals surface area contributed by atoms with Gasteiger partial charge in [-0.05, 0) is 23.1 Å². The largest absolute Gasteiger partial charge is 0.481 e. The lowest BCUT2D eigenvalue weighted by atomic mass is 10.00. The second kappa shape index (κ2) is 19.3. The van der Waals surface area contributed by atoms with Gasteiger partial charge in [0.2, 0.25) is 17.7 Å². The highest BCUT2D eigenvalue weighted by Gasteiger charge is 2.33.